The van der Waals surface area contributed by atoms with Crippen molar-refractivity contribution in [1.82, 2.24) is 19.6 Å². The molecule has 1 fully saturated rings. The number of benzene rings is 3. The molecule has 176 valence electrons. The van der Waals surface area contributed by atoms with Gasteiger partial charge in [-0.2, -0.15) is 5.10 Å². The number of carbonyl (C=O) groups excluding carboxylic acids is 2. The fraction of sp³-hybridized carbons (Fsp3) is 0.185. The molecule has 3 aromatic carbocycles. The summed E-state index contributed by atoms with van der Waals surface area (Å²) in [5, 5.41) is 5.43. The van der Waals surface area contributed by atoms with Crippen LogP contribution in [-0.2, 0) is 6.54 Å². The fourth-order valence-corrected chi connectivity index (χ4v) is 4.29. The van der Waals surface area contributed by atoms with Gasteiger partial charge < -0.3 is 9.80 Å². The number of carbonyl (C=O) groups is 2. The van der Waals surface area contributed by atoms with E-state index in [1.165, 1.54) is 28.9 Å². The highest BCUT2D eigenvalue weighted by Gasteiger charge is 2.28. The van der Waals surface area contributed by atoms with Gasteiger partial charge in [0, 0.05) is 37.1 Å². The van der Waals surface area contributed by atoms with Crippen LogP contribution >= 0.6 is 0 Å². The average molecular weight is 471 g/mol. The molecule has 4 aromatic rings. The van der Waals surface area contributed by atoms with Crippen molar-refractivity contribution >= 4 is 22.6 Å². The minimum absolute atomic E-state index is 0.197. The van der Waals surface area contributed by atoms with Crippen LogP contribution in [0.1, 0.15) is 26.4 Å². The summed E-state index contributed by atoms with van der Waals surface area (Å²) in [4.78, 5) is 42.6. The molecule has 0 saturated carbocycles. The van der Waals surface area contributed by atoms with Crippen molar-refractivity contribution in [3.8, 4) is 0 Å². The molecule has 0 spiro atoms. The highest BCUT2D eigenvalue weighted by atomic mass is 19.1. The summed E-state index contributed by atoms with van der Waals surface area (Å²) in [5.74, 6) is -0.876. The minimum atomic E-state index is -0.398. The van der Waals surface area contributed by atoms with Crippen LogP contribution in [0.4, 0.5) is 4.39 Å². The molecule has 7 nitrogen and oxygen atoms in total. The molecule has 1 aromatic heterocycles. The first-order valence-corrected chi connectivity index (χ1v) is 11.4. The monoisotopic (exact) mass is 470 g/mol. The lowest BCUT2D eigenvalue weighted by Crippen LogP contribution is -2.51. The third kappa shape index (κ3) is 4.55. The van der Waals surface area contributed by atoms with E-state index < -0.39 is 5.82 Å². The first-order valence-electron chi connectivity index (χ1n) is 11.4. The van der Waals surface area contributed by atoms with Gasteiger partial charge in [0.1, 0.15) is 5.82 Å². The van der Waals surface area contributed by atoms with Gasteiger partial charge in [-0.1, -0.05) is 48.5 Å². The van der Waals surface area contributed by atoms with Gasteiger partial charge in [-0.25, -0.2) is 9.07 Å². The summed E-state index contributed by atoms with van der Waals surface area (Å²) in [6.45, 7) is 1.62. The molecule has 2 amide bonds. The van der Waals surface area contributed by atoms with Crippen LogP contribution in [0.2, 0.25) is 0 Å². The lowest BCUT2D eigenvalue weighted by molar-refractivity contribution is 0.0532. The van der Waals surface area contributed by atoms with Crippen molar-refractivity contribution in [2.24, 2.45) is 0 Å². The maximum atomic E-state index is 13.5. The predicted molar refractivity (Wildman–Crippen MR) is 130 cm³/mol. The van der Waals surface area contributed by atoms with Gasteiger partial charge in [0.2, 0.25) is 0 Å². The molecular weight excluding hydrogens is 447 g/mol. The third-order valence-electron chi connectivity index (χ3n) is 6.19. The normalized spacial score (nSPS) is 13.7. The number of hydrogen-bond donors (Lipinski definition) is 0. The smallest absolute Gasteiger partial charge is 0.275 e. The Morgan fingerprint density at radius 1 is 0.743 bits per heavy atom. The summed E-state index contributed by atoms with van der Waals surface area (Å²) in [6.07, 6.45) is 0. The summed E-state index contributed by atoms with van der Waals surface area (Å²) >= 11 is 0. The average Bonchev–Trinajstić information content (AvgIpc) is 2.91. The maximum absolute atomic E-state index is 13.5. The van der Waals surface area contributed by atoms with Gasteiger partial charge in [0.05, 0.1) is 11.9 Å². The zero-order chi connectivity index (χ0) is 24.4. The van der Waals surface area contributed by atoms with Crippen molar-refractivity contribution in [2.45, 2.75) is 6.54 Å². The van der Waals surface area contributed by atoms with E-state index in [1.54, 1.807) is 34.1 Å². The molecule has 0 unspecified atom stereocenters. The zero-order valence-corrected chi connectivity index (χ0v) is 18.9. The number of nitrogens with zero attached hydrogens (tertiary/aromatic N) is 4. The molecule has 8 heteroatoms. The van der Waals surface area contributed by atoms with Crippen LogP contribution in [-0.4, -0.2) is 57.6 Å². The number of aromatic nitrogens is 2. The molecule has 1 aliphatic rings. The Balaban J connectivity index is 1.39. The topological polar surface area (TPSA) is 75.5 Å². The molecule has 0 atom stereocenters. The number of hydrogen-bond acceptors (Lipinski definition) is 4. The van der Waals surface area contributed by atoms with Crippen molar-refractivity contribution in [3.05, 3.63) is 112 Å². The Labute approximate surface area is 201 Å². The van der Waals surface area contributed by atoms with Crippen molar-refractivity contribution in [1.29, 1.82) is 0 Å². The van der Waals surface area contributed by atoms with E-state index in [9.17, 15) is 18.8 Å². The van der Waals surface area contributed by atoms with Gasteiger partial charge in [-0.3, -0.25) is 14.4 Å². The standard InChI is InChI=1S/C27H23FN4O3/c28-21-12-10-20(11-13-21)25(33)30-14-16-31(17-15-30)27(35)24-22-8-4-5-9-23(22)26(34)32(29-24)18-19-6-2-1-3-7-19/h1-13H,14-18H2. The number of fused-ring (bicyclic) bond motifs is 1. The minimum Gasteiger partial charge on any atom is -0.335 e. The van der Waals surface area contributed by atoms with Gasteiger partial charge in [0.25, 0.3) is 17.4 Å². The Morgan fingerprint density at radius 3 is 1.97 bits per heavy atom. The molecule has 0 bridgehead atoms. The second-order valence-corrected chi connectivity index (χ2v) is 8.43. The van der Waals surface area contributed by atoms with Crippen LogP contribution in [0.15, 0.2) is 83.7 Å². The van der Waals surface area contributed by atoms with Crippen LogP contribution in [0, 0.1) is 5.82 Å². The molecule has 2 heterocycles. The van der Waals surface area contributed by atoms with E-state index in [2.05, 4.69) is 5.10 Å². The molecule has 0 N–H and O–H groups in total. The Hall–Kier alpha value is -4.33. The van der Waals surface area contributed by atoms with Crippen LogP contribution < -0.4 is 5.56 Å². The van der Waals surface area contributed by atoms with E-state index in [-0.39, 0.29) is 29.6 Å². The fourth-order valence-electron chi connectivity index (χ4n) is 4.29. The number of piperazine rings is 1. The number of amides is 2. The van der Waals surface area contributed by atoms with Crippen molar-refractivity contribution in [2.75, 3.05) is 26.2 Å². The van der Waals surface area contributed by atoms with Crippen molar-refractivity contribution < 1.29 is 14.0 Å². The molecule has 0 aliphatic carbocycles. The summed E-state index contributed by atoms with van der Waals surface area (Å²) in [5.41, 5.74) is 1.28. The molecule has 0 radical (unpaired) electrons. The van der Waals surface area contributed by atoms with E-state index in [4.69, 9.17) is 0 Å². The van der Waals surface area contributed by atoms with Crippen LogP contribution in [0.25, 0.3) is 10.8 Å². The molecular formula is C27H23FN4O3. The van der Waals surface area contributed by atoms with Gasteiger partial charge in [-0.15, -0.1) is 0 Å². The summed E-state index contributed by atoms with van der Waals surface area (Å²) in [6, 6.07) is 21.9. The summed E-state index contributed by atoms with van der Waals surface area (Å²) in [7, 11) is 0. The predicted octanol–water partition coefficient (Wildman–Crippen LogP) is 3.18. The number of rotatable bonds is 4. The Kier molecular flexibility index (Phi) is 6.10. The van der Waals surface area contributed by atoms with Crippen LogP contribution in [0.3, 0.4) is 0 Å². The number of halogens is 1. The lowest BCUT2D eigenvalue weighted by atomic mass is 10.1. The Bertz CT molecular complexity index is 1440. The molecule has 1 aliphatic heterocycles. The molecule has 5 rings (SSSR count). The van der Waals surface area contributed by atoms with Crippen LogP contribution in [0.5, 0.6) is 0 Å². The lowest BCUT2D eigenvalue weighted by Gasteiger charge is -2.34. The first-order chi connectivity index (χ1) is 17.0. The van der Waals surface area contributed by atoms with E-state index in [0.29, 0.717) is 42.5 Å². The highest BCUT2D eigenvalue weighted by molar-refractivity contribution is 6.05. The zero-order valence-electron chi connectivity index (χ0n) is 18.9. The SMILES string of the molecule is O=C(c1ccc(F)cc1)N1CCN(C(=O)c2nn(Cc3ccccc3)c(=O)c3ccccc23)CC1. The second-order valence-electron chi connectivity index (χ2n) is 8.43. The quantitative estimate of drug-likeness (QED) is 0.459. The molecule has 35 heavy (non-hydrogen) atoms. The molecule has 1 saturated heterocycles. The van der Waals surface area contributed by atoms with Crippen molar-refractivity contribution in [3.63, 3.8) is 0 Å². The van der Waals surface area contributed by atoms with Gasteiger partial charge >= 0.3 is 0 Å². The Morgan fingerprint density at radius 2 is 1.31 bits per heavy atom. The van der Waals surface area contributed by atoms with E-state index >= 15 is 0 Å². The summed E-state index contributed by atoms with van der Waals surface area (Å²) < 4.78 is 14.5. The second kappa shape index (κ2) is 9.50. The van der Waals surface area contributed by atoms with Gasteiger partial charge in [0.15, 0.2) is 5.69 Å². The first kappa shape index (κ1) is 22.5. The van der Waals surface area contributed by atoms with Gasteiger partial charge in [-0.05, 0) is 35.9 Å². The maximum Gasteiger partial charge on any atom is 0.275 e. The largest absolute Gasteiger partial charge is 0.335 e. The van der Waals surface area contributed by atoms with E-state index in [0.717, 1.165) is 5.56 Å². The third-order valence-corrected chi connectivity index (χ3v) is 6.19. The van der Waals surface area contributed by atoms with E-state index in [1.807, 2.05) is 30.3 Å². The highest BCUT2D eigenvalue weighted by Crippen LogP contribution is 2.18.